The summed E-state index contributed by atoms with van der Waals surface area (Å²) in [6.07, 6.45) is 4.18. The predicted molar refractivity (Wildman–Crippen MR) is 107 cm³/mol. The first-order valence-electron chi connectivity index (χ1n) is 9.70. The second-order valence-corrected chi connectivity index (χ2v) is 9.75. The van der Waals surface area contributed by atoms with E-state index in [1.807, 2.05) is 31.2 Å². The van der Waals surface area contributed by atoms with Gasteiger partial charge in [-0.2, -0.15) is 0 Å². The van der Waals surface area contributed by atoms with Crippen LogP contribution in [-0.4, -0.2) is 19.0 Å². The molecule has 0 radical (unpaired) electrons. The summed E-state index contributed by atoms with van der Waals surface area (Å²) < 4.78 is 28.8. The van der Waals surface area contributed by atoms with E-state index >= 15 is 0 Å². The Kier molecular flexibility index (Phi) is 3.75. The van der Waals surface area contributed by atoms with E-state index in [0.717, 1.165) is 35.7 Å². The smallest absolute Gasteiger partial charge is 0.206 e. The van der Waals surface area contributed by atoms with Crippen LogP contribution in [0.25, 0.3) is 10.9 Å². The lowest BCUT2D eigenvalue weighted by atomic mass is 9.99. The normalized spacial score (nSPS) is 21.6. The third-order valence-electron chi connectivity index (χ3n) is 6.29. The summed E-state index contributed by atoms with van der Waals surface area (Å²) in [7, 11) is -1.42. The second-order valence-electron chi connectivity index (χ2n) is 7.80. The van der Waals surface area contributed by atoms with Crippen molar-refractivity contribution in [2.75, 3.05) is 0 Å². The van der Waals surface area contributed by atoms with E-state index in [0.29, 0.717) is 21.9 Å². The highest BCUT2D eigenvalue weighted by atomic mass is 32.2. The molecule has 140 valence electrons. The number of aryl methyl sites for hydroxylation is 2. The number of benzene rings is 2. The van der Waals surface area contributed by atoms with Crippen LogP contribution in [0.2, 0.25) is 0 Å². The molecule has 0 aliphatic carbocycles. The Labute approximate surface area is 160 Å². The molecule has 1 aromatic heterocycles. The molecule has 5 rings (SSSR count). The Morgan fingerprint density at radius 1 is 1.11 bits per heavy atom. The molecule has 4 nitrogen and oxygen atoms in total. The van der Waals surface area contributed by atoms with Crippen LogP contribution in [0.15, 0.2) is 52.3 Å². The minimum atomic E-state index is -3.52. The molecule has 3 aromatic rings. The topological polar surface area (TPSA) is 51.1 Å². The molecule has 1 saturated heterocycles. The van der Waals surface area contributed by atoms with Gasteiger partial charge in [-0.15, -0.1) is 0 Å². The summed E-state index contributed by atoms with van der Waals surface area (Å²) in [6.45, 7) is 2.04. The fourth-order valence-corrected chi connectivity index (χ4v) is 6.17. The number of hydrogen-bond donors (Lipinski definition) is 1. The van der Waals surface area contributed by atoms with Crippen molar-refractivity contribution in [3.05, 3.63) is 59.3 Å². The van der Waals surface area contributed by atoms with Crippen molar-refractivity contribution in [3.8, 4) is 0 Å². The third-order valence-corrected chi connectivity index (χ3v) is 8.04. The van der Waals surface area contributed by atoms with Crippen LogP contribution in [0.3, 0.4) is 0 Å². The molecule has 2 aliphatic rings. The number of hydrogen-bond acceptors (Lipinski definition) is 3. The zero-order chi connectivity index (χ0) is 18.8. The van der Waals surface area contributed by atoms with Gasteiger partial charge in [0.25, 0.3) is 0 Å². The van der Waals surface area contributed by atoms with Crippen LogP contribution in [0.4, 0.5) is 0 Å². The lowest BCUT2D eigenvalue weighted by Gasteiger charge is -2.23. The summed E-state index contributed by atoms with van der Waals surface area (Å²) in [5.41, 5.74) is 4.82. The first-order valence-corrected chi connectivity index (χ1v) is 11.2. The van der Waals surface area contributed by atoms with E-state index < -0.39 is 9.84 Å². The molecule has 1 fully saturated rings. The average Bonchev–Trinajstić information content (AvgIpc) is 3.20. The number of aromatic nitrogens is 1. The lowest BCUT2D eigenvalue weighted by Crippen LogP contribution is -2.32. The number of sulfone groups is 1. The Hall–Kier alpha value is -2.11. The van der Waals surface area contributed by atoms with Crippen LogP contribution in [0.1, 0.15) is 42.6 Å². The Morgan fingerprint density at radius 3 is 2.74 bits per heavy atom. The maximum atomic E-state index is 13.3. The highest BCUT2D eigenvalue weighted by Gasteiger charge is 2.36. The van der Waals surface area contributed by atoms with Gasteiger partial charge in [-0.3, -0.25) is 0 Å². The van der Waals surface area contributed by atoms with Crippen LogP contribution in [-0.2, 0) is 29.7 Å². The number of fused-ring (bicyclic) bond motifs is 6. The molecule has 5 heteroatoms. The van der Waals surface area contributed by atoms with Gasteiger partial charge in [-0.25, -0.2) is 8.42 Å². The molecule has 2 atom stereocenters. The second kappa shape index (κ2) is 5.94. The average molecular weight is 381 g/mol. The molecular weight excluding hydrogens is 356 g/mol. The van der Waals surface area contributed by atoms with Gasteiger partial charge in [0.05, 0.1) is 9.79 Å². The number of nitrogens with one attached hydrogen (secondary N) is 1. The van der Waals surface area contributed by atoms with Crippen molar-refractivity contribution in [1.82, 2.24) is 9.88 Å². The van der Waals surface area contributed by atoms with Gasteiger partial charge in [0, 0.05) is 42.1 Å². The zero-order valence-corrected chi connectivity index (χ0v) is 16.5. The van der Waals surface area contributed by atoms with Crippen molar-refractivity contribution in [2.24, 2.45) is 7.05 Å². The monoisotopic (exact) mass is 380 g/mol. The highest BCUT2D eigenvalue weighted by Crippen LogP contribution is 2.42. The largest absolute Gasteiger partial charge is 0.347 e. The van der Waals surface area contributed by atoms with E-state index in [1.165, 1.54) is 17.7 Å². The maximum Gasteiger partial charge on any atom is 0.206 e. The molecule has 27 heavy (non-hydrogen) atoms. The lowest BCUT2D eigenvalue weighted by molar-refractivity contribution is 0.503. The molecule has 0 amide bonds. The predicted octanol–water partition coefficient (Wildman–Crippen LogP) is 3.92. The fourth-order valence-electron chi connectivity index (χ4n) is 4.82. The van der Waals surface area contributed by atoms with Gasteiger partial charge in [-0.1, -0.05) is 19.1 Å². The number of nitrogens with zero attached hydrogens (tertiary/aromatic N) is 1. The molecule has 0 spiro atoms. The van der Waals surface area contributed by atoms with Crippen molar-refractivity contribution in [2.45, 2.75) is 54.5 Å². The van der Waals surface area contributed by atoms with Crippen molar-refractivity contribution >= 4 is 20.7 Å². The van der Waals surface area contributed by atoms with E-state index in [4.69, 9.17) is 0 Å². The summed E-state index contributed by atoms with van der Waals surface area (Å²) in [6, 6.07) is 13.8. The summed E-state index contributed by atoms with van der Waals surface area (Å²) in [5, 5.41) is 4.78. The van der Waals surface area contributed by atoms with Gasteiger partial charge in [0.2, 0.25) is 9.84 Å². The van der Waals surface area contributed by atoms with Crippen LogP contribution >= 0.6 is 0 Å². The van der Waals surface area contributed by atoms with Crippen LogP contribution in [0.5, 0.6) is 0 Å². The minimum Gasteiger partial charge on any atom is -0.347 e. The summed E-state index contributed by atoms with van der Waals surface area (Å²) in [5.74, 6) is 0. The molecule has 0 saturated carbocycles. The van der Waals surface area contributed by atoms with E-state index in [-0.39, 0.29) is 0 Å². The van der Waals surface area contributed by atoms with E-state index in [1.54, 1.807) is 18.2 Å². The third kappa shape index (κ3) is 2.48. The Bertz CT molecular complexity index is 1160. The zero-order valence-electron chi connectivity index (χ0n) is 15.7. The molecule has 2 unspecified atom stereocenters. The van der Waals surface area contributed by atoms with Crippen LogP contribution < -0.4 is 5.32 Å². The number of rotatable bonds is 3. The van der Waals surface area contributed by atoms with E-state index in [9.17, 15) is 8.42 Å². The quantitative estimate of drug-likeness (QED) is 0.749. The van der Waals surface area contributed by atoms with Gasteiger partial charge < -0.3 is 9.88 Å². The molecule has 2 aliphatic heterocycles. The molecule has 2 bridgehead atoms. The van der Waals surface area contributed by atoms with E-state index in [2.05, 4.69) is 16.9 Å². The highest BCUT2D eigenvalue weighted by molar-refractivity contribution is 7.91. The van der Waals surface area contributed by atoms with Gasteiger partial charge in [-0.05, 0) is 60.7 Å². The van der Waals surface area contributed by atoms with Crippen molar-refractivity contribution < 1.29 is 8.42 Å². The van der Waals surface area contributed by atoms with Crippen molar-refractivity contribution in [1.29, 1.82) is 0 Å². The standard InChI is InChI=1S/C22H24N2O2S/c1-3-14-5-4-6-16(11-14)27(25,26)17-8-10-20-18(13-17)22-19-9-7-15(23-19)12-21(22)24(20)2/h4-6,8,10-11,13,15,19,23H,3,7,9,12H2,1-2H3. The van der Waals surface area contributed by atoms with Gasteiger partial charge in [0.1, 0.15) is 0 Å². The summed E-state index contributed by atoms with van der Waals surface area (Å²) in [4.78, 5) is 0.766. The molecular formula is C22H24N2O2S. The Morgan fingerprint density at radius 2 is 1.93 bits per heavy atom. The van der Waals surface area contributed by atoms with Crippen molar-refractivity contribution in [3.63, 3.8) is 0 Å². The molecule has 2 aromatic carbocycles. The first kappa shape index (κ1) is 17.0. The van der Waals surface area contributed by atoms with Gasteiger partial charge in [0.15, 0.2) is 0 Å². The Balaban J connectivity index is 1.69. The van der Waals surface area contributed by atoms with Crippen LogP contribution in [0, 0.1) is 0 Å². The molecule has 3 heterocycles. The SMILES string of the molecule is CCc1cccc(S(=O)(=O)c2ccc3c(c2)c2c(n3C)CC3CCC2N3)c1. The first-order chi connectivity index (χ1) is 13.0. The maximum absolute atomic E-state index is 13.3. The summed E-state index contributed by atoms with van der Waals surface area (Å²) >= 11 is 0. The minimum absolute atomic E-state index is 0.351. The van der Waals surface area contributed by atoms with Gasteiger partial charge >= 0.3 is 0 Å². The molecule has 1 N–H and O–H groups in total. The fraction of sp³-hybridized carbons (Fsp3) is 0.364.